The van der Waals surface area contributed by atoms with Gasteiger partial charge in [0.2, 0.25) is 17.6 Å². The highest BCUT2D eigenvalue weighted by Gasteiger charge is 2.34. The summed E-state index contributed by atoms with van der Waals surface area (Å²) in [7, 11) is 2.77. The molecule has 32 heavy (non-hydrogen) atoms. The number of carbonyl (C=O) groups excluding carboxylic acids is 2. The first-order chi connectivity index (χ1) is 15.1. The van der Waals surface area contributed by atoms with E-state index in [-0.39, 0.29) is 11.6 Å². The quantitative estimate of drug-likeness (QED) is 0.299. The summed E-state index contributed by atoms with van der Waals surface area (Å²) in [5, 5.41) is 5.02. The maximum Gasteiger partial charge on any atom is 0.238 e. The molecule has 170 valence electrons. The number of hydrogen-bond acceptors (Lipinski definition) is 6. The number of hydrogen-bond donors (Lipinski definition) is 2. The Morgan fingerprint density at radius 1 is 1.06 bits per heavy atom. The zero-order valence-electron chi connectivity index (χ0n) is 16.5. The molecule has 2 amide bonds. The number of hydrazone groups is 1. The average Bonchev–Trinajstić information content (AvgIpc) is 2.79. The molecule has 1 heterocycles. The zero-order chi connectivity index (χ0) is 23.6. The van der Waals surface area contributed by atoms with Crippen molar-refractivity contribution in [3.63, 3.8) is 0 Å². The third-order valence-corrected chi connectivity index (χ3v) is 5.63. The monoisotopic (exact) mass is 474 g/mol. The van der Waals surface area contributed by atoms with Gasteiger partial charge in [-0.2, -0.15) is 0 Å². The molecule has 2 aromatic carbocycles. The number of amidine groups is 1. The Morgan fingerprint density at radius 3 is 2.19 bits per heavy atom. The van der Waals surface area contributed by atoms with Crippen LogP contribution in [0.5, 0.6) is 5.75 Å². The van der Waals surface area contributed by atoms with Crippen LogP contribution in [0.1, 0.15) is 6.42 Å². The molecule has 0 radical (unpaired) electrons. The number of nitrogens with one attached hydrogen (secondary N) is 2. The fourth-order valence-electron chi connectivity index (χ4n) is 2.60. The number of ether oxygens (including phenoxy) is 1. The average molecular weight is 474 g/mol. The number of benzene rings is 2. The van der Waals surface area contributed by atoms with Gasteiger partial charge >= 0.3 is 0 Å². The number of amides is 2. The molecule has 0 spiro atoms. The van der Waals surface area contributed by atoms with E-state index in [1.807, 2.05) is 0 Å². The fourth-order valence-corrected chi connectivity index (χ4v) is 3.61. The minimum Gasteiger partial charge on any atom is -0.497 e. The van der Waals surface area contributed by atoms with Gasteiger partial charge in [-0.15, -0.1) is 5.10 Å². The Kier molecular flexibility index (Phi) is 6.87. The van der Waals surface area contributed by atoms with Crippen LogP contribution in [0, 0.1) is 29.1 Å². The van der Waals surface area contributed by atoms with Crippen LogP contribution < -0.4 is 15.5 Å². The topological polar surface area (TPSA) is 83.0 Å². The molecule has 1 fully saturated rings. The zero-order valence-corrected chi connectivity index (χ0v) is 17.3. The second kappa shape index (κ2) is 9.42. The Balaban J connectivity index is 1.79. The lowest BCUT2D eigenvalue weighted by molar-refractivity contribution is -0.128. The van der Waals surface area contributed by atoms with E-state index in [2.05, 4.69) is 10.4 Å². The fraction of sp³-hybridized carbons (Fsp3) is 0.211. The number of thioether (sulfide) groups is 1. The van der Waals surface area contributed by atoms with Crippen LogP contribution in [-0.4, -0.2) is 41.3 Å². The SMILES string of the molecule is COc1ccc(NC(=O)C2CC(=O)N(C)C(=NNc3c(F)c(F)c(F)c(F)c3F)S2)cc1. The van der Waals surface area contributed by atoms with Gasteiger partial charge in [-0.1, -0.05) is 11.8 Å². The molecule has 13 heteroatoms. The van der Waals surface area contributed by atoms with E-state index in [0.717, 1.165) is 16.7 Å². The second-order valence-electron chi connectivity index (χ2n) is 6.43. The van der Waals surface area contributed by atoms with Gasteiger partial charge in [0.05, 0.1) is 7.11 Å². The highest BCUT2D eigenvalue weighted by molar-refractivity contribution is 8.15. The van der Waals surface area contributed by atoms with Crippen molar-refractivity contribution < 1.29 is 36.3 Å². The number of carbonyl (C=O) groups is 2. The molecule has 1 aliphatic heterocycles. The highest BCUT2D eigenvalue weighted by Crippen LogP contribution is 2.30. The highest BCUT2D eigenvalue weighted by atomic mass is 32.2. The van der Waals surface area contributed by atoms with Gasteiger partial charge in [-0.3, -0.25) is 19.9 Å². The predicted octanol–water partition coefficient (Wildman–Crippen LogP) is 3.68. The smallest absolute Gasteiger partial charge is 0.238 e. The summed E-state index contributed by atoms with van der Waals surface area (Å²) < 4.78 is 72.5. The van der Waals surface area contributed by atoms with Crippen molar-refractivity contribution in [3.05, 3.63) is 53.4 Å². The molecule has 3 rings (SSSR count). The van der Waals surface area contributed by atoms with E-state index in [1.54, 1.807) is 29.7 Å². The molecule has 0 bridgehead atoms. The van der Waals surface area contributed by atoms with Gasteiger partial charge < -0.3 is 10.1 Å². The van der Waals surface area contributed by atoms with Crippen LogP contribution in [0.4, 0.5) is 33.3 Å². The normalized spacial score (nSPS) is 17.5. The number of rotatable bonds is 5. The Labute approximate surface area is 182 Å². The van der Waals surface area contributed by atoms with Crippen molar-refractivity contribution in [1.82, 2.24) is 4.90 Å². The molecule has 7 nitrogen and oxygen atoms in total. The lowest BCUT2D eigenvalue weighted by Gasteiger charge is -2.28. The van der Waals surface area contributed by atoms with Gasteiger partial charge in [-0.05, 0) is 24.3 Å². The third kappa shape index (κ3) is 4.61. The van der Waals surface area contributed by atoms with Crippen LogP contribution in [0.3, 0.4) is 0 Å². The molecular formula is C19H15F5N4O3S. The van der Waals surface area contributed by atoms with E-state index in [9.17, 15) is 31.5 Å². The molecule has 2 aromatic rings. The Bertz CT molecular complexity index is 1070. The van der Waals surface area contributed by atoms with Crippen LogP contribution in [0.25, 0.3) is 0 Å². The lowest BCUT2D eigenvalue weighted by Crippen LogP contribution is -2.43. The van der Waals surface area contributed by atoms with Gasteiger partial charge in [-0.25, -0.2) is 22.0 Å². The summed E-state index contributed by atoms with van der Waals surface area (Å²) in [6.45, 7) is 0. The number of nitrogens with zero attached hydrogens (tertiary/aromatic N) is 2. The summed E-state index contributed by atoms with van der Waals surface area (Å²) in [5.74, 6) is -11.4. The second-order valence-corrected chi connectivity index (χ2v) is 7.60. The summed E-state index contributed by atoms with van der Waals surface area (Å²) in [6.07, 6.45) is -0.204. The number of methoxy groups -OCH3 is 1. The third-order valence-electron chi connectivity index (χ3n) is 4.39. The summed E-state index contributed by atoms with van der Waals surface area (Å²) >= 11 is 0.770. The molecule has 2 N–H and O–H groups in total. The minimum absolute atomic E-state index is 0.204. The Morgan fingerprint density at radius 2 is 1.62 bits per heavy atom. The summed E-state index contributed by atoms with van der Waals surface area (Å²) in [4.78, 5) is 25.8. The van der Waals surface area contributed by atoms with Crippen molar-refractivity contribution in [2.24, 2.45) is 5.10 Å². The van der Waals surface area contributed by atoms with Crippen LogP contribution in [0.2, 0.25) is 0 Å². The van der Waals surface area contributed by atoms with Crippen molar-refractivity contribution in [3.8, 4) is 5.75 Å². The maximum atomic E-state index is 13.8. The molecule has 1 atom stereocenters. The first-order valence-corrected chi connectivity index (χ1v) is 9.75. The molecule has 1 unspecified atom stereocenters. The summed E-state index contributed by atoms with van der Waals surface area (Å²) in [6, 6.07) is 6.39. The van der Waals surface area contributed by atoms with Crippen molar-refractivity contribution in [2.45, 2.75) is 11.7 Å². The molecule has 0 aliphatic carbocycles. The Hall–Kier alpha value is -3.35. The summed E-state index contributed by atoms with van der Waals surface area (Å²) in [5.41, 5.74) is 0.806. The van der Waals surface area contributed by atoms with Crippen LogP contribution in [-0.2, 0) is 9.59 Å². The van der Waals surface area contributed by atoms with Gasteiger partial charge in [0, 0.05) is 19.2 Å². The van der Waals surface area contributed by atoms with E-state index in [1.165, 1.54) is 14.2 Å². The van der Waals surface area contributed by atoms with E-state index in [0.29, 0.717) is 11.4 Å². The minimum atomic E-state index is -2.31. The maximum absolute atomic E-state index is 13.8. The van der Waals surface area contributed by atoms with Crippen molar-refractivity contribution in [2.75, 3.05) is 24.9 Å². The van der Waals surface area contributed by atoms with E-state index in [4.69, 9.17) is 4.74 Å². The molecule has 1 aliphatic rings. The van der Waals surface area contributed by atoms with Gasteiger partial charge in [0.1, 0.15) is 16.7 Å². The van der Waals surface area contributed by atoms with Crippen LogP contribution in [0.15, 0.2) is 29.4 Å². The number of halogens is 5. The van der Waals surface area contributed by atoms with Crippen molar-refractivity contribution >= 4 is 40.1 Å². The molecule has 0 saturated carbocycles. The van der Waals surface area contributed by atoms with Crippen molar-refractivity contribution in [1.29, 1.82) is 0 Å². The van der Waals surface area contributed by atoms with Gasteiger partial charge in [0.25, 0.3) is 0 Å². The van der Waals surface area contributed by atoms with Crippen LogP contribution >= 0.6 is 11.8 Å². The lowest BCUT2D eigenvalue weighted by atomic mass is 10.2. The largest absolute Gasteiger partial charge is 0.497 e. The molecule has 1 saturated heterocycles. The molecule has 0 aromatic heterocycles. The van der Waals surface area contributed by atoms with E-state index >= 15 is 0 Å². The molecular weight excluding hydrogens is 459 g/mol. The van der Waals surface area contributed by atoms with E-state index < -0.39 is 51.8 Å². The first-order valence-electron chi connectivity index (χ1n) is 8.87. The van der Waals surface area contributed by atoms with Gasteiger partial charge in [0.15, 0.2) is 28.4 Å². The predicted molar refractivity (Wildman–Crippen MR) is 108 cm³/mol. The number of anilines is 2. The standard InChI is InChI=1S/C19H15F5N4O3S/c1-28-11(29)7-10(18(30)25-8-3-5-9(31-2)6-4-8)32-19(28)27-26-17-15(23)13(21)12(20)14(22)16(17)24/h3-6,10,26H,7H2,1-2H3,(H,25,30). The first kappa shape index (κ1) is 23.3.